The molecule has 1 aromatic carbocycles. The number of rotatable bonds is 7. The van der Waals surface area contributed by atoms with Gasteiger partial charge in [-0.3, -0.25) is 4.79 Å². The Morgan fingerprint density at radius 3 is 2.81 bits per heavy atom. The van der Waals surface area contributed by atoms with Crippen molar-refractivity contribution in [3.05, 3.63) is 52.5 Å². The standard InChI is InChI=1S/C17H20N2OS/c20-17(18-9-8-15-11-21-12-19-15)10-16(14-6-7-14)13-4-2-1-3-5-13/h1-5,11-12,14,16H,6-10H2,(H,18,20). The van der Waals surface area contributed by atoms with Gasteiger partial charge in [-0.15, -0.1) is 11.3 Å². The zero-order valence-corrected chi connectivity index (χ0v) is 12.8. The second-order valence-electron chi connectivity index (χ2n) is 5.64. The first kappa shape index (κ1) is 14.3. The first-order valence-corrected chi connectivity index (χ1v) is 8.46. The van der Waals surface area contributed by atoms with Gasteiger partial charge in [-0.2, -0.15) is 0 Å². The second kappa shape index (κ2) is 6.85. The second-order valence-corrected chi connectivity index (χ2v) is 6.36. The van der Waals surface area contributed by atoms with E-state index < -0.39 is 0 Å². The molecule has 1 unspecified atom stereocenters. The van der Waals surface area contributed by atoms with Gasteiger partial charge in [-0.1, -0.05) is 30.3 Å². The van der Waals surface area contributed by atoms with E-state index in [2.05, 4.69) is 34.6 Å². The molecule has 1 atom stereocenters. The number of benzene rings is 1. The molecular weight excluding hydrogens is 280 g/mol. The van der Waals surface area contributed by atoms with Crippen LogP contribution < -0.4 is 5.32 Å². The van der Waals surface area contributed by atoms with Crippen molar-refractivity contribution in [2.45, 2.75) is 31.6 Å². The van der Waals surface area contributed by atoms with Crippen LogP contribution in [0.4, 0.5) is 0 Å². The van der Waals surface area contributed by atoms with E-state index in [1.165, 1.54) is 18.4 Å². The van der Waals surface area contributed by atoms with Crippen LogP contribution in [0.5, 0.6) is 0 Å². The summed E-state index contributed by atoms with van der Waals surface area (Å²) in [5.74, 6) is 1.23. The molecule has 1 amide bonds. The maximum Gasteiger partial charge on any atom is 0.220 e. The summed E-state index contributed by atoms with van der Waals surface area (Å²) < 4.78 is 0. The predicted molar refractivity (Wildman–Crippen MR) is 85.4 cm³/mol. The Labute approximate surface area is 129 Å². The average molecular weight is 300 g/mol. The van der Waals surface area contributed by atoms with Crippen LogP contribution in [0.15, 0.2) is 41.2 Å². The molecule has 0 radical (unpaired) electrons. The first-order valence-electron chi connectivity index (χ1n) is 7.51. The fraction of sp³-hybridized carbons (Fsp3) is 0.412. The van der Waals surface area contributed by atoms with E-state index in [-0.39, 0.29) is 5.91 Å². The molecular formula is C17H20N2OS. The summed E-state index contributed by atoms with van der Waals surface area (Å²) in [5, 5.41) is 5.06. The molecule has 0 spiro atoms. The number of thiazole rings is 1. The summed E-state index contributed by atoms with van der Waals surface area (Å²) in [7, 11) is 0. The fourth-order valence-corrected chi connectivity index (χ4v) is 3.31. The third kappa shape index (κ3) is 4.14. The van der Waals surface area contributed by atoms with E-state index >= 15 is 0 Å². The van der Waals surface area contributed by atoms with Gasteiger partial charge in [0.25, 0.3) is 0 Å². The number of amides is 1. The molecule has 1 aliphatic rings. The lowest BCUT2D eigenvalue weighted by Crippen LogP contribution is -2.27. The molecule has 1 N–H and O–H groups in total. The van der Waals surface area contributed by atoms with Crippen LogP contribution in [-0.2, 0) is 11.2 Å². The van der Waals surface area contributed by atoms with Crippen molar-refractivity contribution in [3.63, 3.8) is 0 Å². The lowest BCUT2D eigenvalue weighted by molar-refractivity contribution is -0.121. The van der Waals surface area contributed by atoms with Crippen LogP contribution in [0.2, 0.25) is 0 Å². The largest absolute Gasteiger partial charge is 0.356 e. The number of hydrogen-bond acceptors (Lipinski definition) is 3. The van der Waals surface area contributed by atoms with Gasteiger partial charge in [0.15, 0.2) is 0 Å². The highest BCUT2D eigenvalue weighted by Crippen LogP contribution is 2.44. The highest BCUT2D eigenvalue weighted by atomic mass is 32.1. The molecule has 1 aromatic heterocycles. The van der Waals surface area contributed by atoms with Crippen molar-refractivity contribution >= 4 is 17.2 Å². The Kier molecular flexibility index (Phi) is 4.65. The van der Waals surface area contributed by atoms with Crippen molar-refractivity contribution in [2.24, 2.45) is 5.92 Å². The van der Waals surface area contributed by atoms with Crippen LogP contribution in [0, 0.1) is 5.92 Å². The smallest absolute Gasteiger partial charge is 0.220 e. The van der Waals surface area contributed by atoms with Gasteiger partial charge in [0.05, 0.1) is 11.2 Å². The van der Waals surface area contributed by atoms with Gasteiger partial charge >= 0.3 is 0 Å². The number of aromatic nitrogens is 1. The first-order chi connectivity index (χ1) is 10.3. The molecule has 1 aliphatic carbocycles. The van der Waals surface area contributed by atoms with Crippen LogP contribution in [0.1, 0.15) is 36.4 Å². The van der Waals surface area contributed by atoms with E-state index in [1.54, 1.807) is 11.3 Å². The number of nitrogens with zero attached hydrogens (tertiary/aromatic N) is 1. The van der Waals surface area contributed by atoms with Gasteiger partial charge in [-0.25, -0.2) is 4.98 Å². The van der Waals surface area contributed by atoms with Gasteiger partial charge in [-0.05, 0) is 30.2 Å². The number of carbonyl (C=O) groups excluding carboxylic acids is 1. The van der Waals surface area contributed by atoms with E-state index in [4.69, 9.17) is 0 Å². The average Bonchev–Trinajstić information content (AvgIpc) is 3.22. The Morgan fingerprint density at radius 1 is 1.33 bits per heavy atom. The minimum Gasteiger partial charge on any atom is -0.356 e. The fourth-order valence-electron chi connectivity index (χ4n) is 2.72. The molecule has 3 nitrogen and oxygen atoms in total. The maximum absolute atomic E-state index is 12.2. The van der Waals surface area contributed by atoms with Crippen LogP contribution in [0.3, 0.4) is 0 Å². The highest BCUT2D eigenvalue weighted by Gasteiger charge is 2.33. The summed E-state index contributed by atoms with van der Waals surface area (Å²) >= 11 is 1.59. The summed E-state index contributed by atoms with van der Waals surface area (Å²) in [6.45, 7) is 0.675. The molecule has 21 heavy (non-hydrogen) atoms. The Morgan fingerprint density at radius 2 is 2.14 bits per heavy atom. The van der Waals surface area contributed by atoms with Crippen molar-refractivity contribution < 1.29 is 4.79 Å². The highest BCUT2D eigenvalue weighted by molar-refractivity contribution is 7.07. The number of nitrogens with one attached hydrogen (secondary N) is 1. The van der Waals surface area contributed by atoms with Gasteiger partial charge in [0.2, 0.25) is 5.91 Å². The van der Waals surface area contributed by atoms with E-state index in [0.29, 0.717) is 24.8 Å². The van der Waals surface area contributed by atoms with E-state index in [0.717, 1.165) is 12.1 Å². The van der Waals surface area contributed by atoms with Crippen molar-refractivity contribution in [3.8, 4) is 0 Å². The maximum atomic E-state index is 12.2. The minimum atomic E-state index is 0.158. The van der Waals surface area contributed by atoms with E-state index in [1.807, 2.05) is 17.0 Å². The van der Waals surface area contributed by atoms with Gasteiger partial charge in [0.1, 0.15) is 0 Å². The number of carbonyl (C=O) groups is 1. The Bertz CT molecular complexity index is 564. The third-order valence-electron chi connectivity index (χ3n) is 4.01. The molecule has 1 saturated carbocycles. The quantitative estimate of drug-likeness (QED) is 0.851. The molecule has 0 aliphatic heterocycles. The minimum absolute atomic E-state index is 0.158. The van der Waals surface area contributed by atoms with Crippen molar-refractivity contribution in [2.75, 3.05) is 6.54 Å². The molecule has 3 rings (SSSR count). The number of hydrogen-bond donors (Lipinski definition) is 1. The molecule has 4 heteroatoms. The summed E-state index contributed by atoms with van der Waals surface area (Å²) in [5.41, 5.74) is 4.19. The molecule has 0 bridgehead atoms. The van der Waals surface area contributed by atoms with Crippen molar-refractivity contribution in [1.82, 2.24) is 10.3 Å². The molecule has 0 saturated heterocycles. The SMILES string of the molecule is O=C(CC(c1ccccc1)C1CC1)NCCc1cscn1. The molecule has 2 aromatic rings. The van der Waals surface area contributed by atoms with Crippen LogP contribution >= 0.6 is 11.3 Å². The molecule has 110 valence electrons. The predicted octanol–water partition coefficient (Wildman–Crippen LogP) is 3.39. The van der Waals surface area contributed by atoms with Crippen molar-refractivity contribution in [1.29, 1.82) is 0 Å². The molecule has 1 heterocycles. The third-order valence-corrected chi connectivity index (χ3v) is 4.65. The van der Waals surface area contributed by atoms with Crippen LogP contribution in [0.25, 0.3) is 0 Å². The Balaban J connectivity index is 1.50. The monoisotopic (exact) mass is 300 g/mol. The van der Waals surface area contributed by atoms with Crippen LogP contribution in [-0.4, -0.2) is 17.4 Å². The Hall–Kier alpha value is -1.68. The topological polar surface area (TPSA) is 42.0 Å². The molecule has 1 fully saturated rings. The zero-order chi connectivity index (χ0) is 14.5. The lowest BCUT2D eigenvalue weighted by Gasteiger charge is -2.16. The van der Waals surface area contributed by atoms with E-state index in [9.17, 15) is 4.79 Å². The zero-order valence-electron chi connectivity index (χ0n) is 12.0. The lowest BCUT2D eigenvalue weighted by atomic mass is 9.91. The van der Waals surface area contributed by atoms with Gasteiger partial charge < -0.3 is 5.32 Å². The summed E-state index contributed by atoms with van der Waals surface area (Å²) in [6.07, 6.45) is 3.93. The normalized spacial score (nSPS) is 15.6. The summed E-state index contributed by atoms with van der Waals surface area (Å²) in [6, 6.07) is 10.4. The summed E-state index contributed by atoms with van der Waals surface area (Å²) in [4.78, 5) is 16.4. The van der Waals surface area contributed by atoms with Gasteiger partial charge in [0, 0.05) is 24.8 Å².